The molecule has 2 N–H and O–H groups in total. The van der Waals surface area contributed by atoms with Gasteiger partial charge in [0.1, 0.15) is 0 Å². The van der Waals surface area contributed by atoms with E-state index in [1.54, 1.807) is 6.07 Å². The second-order valence-corrected chi connectivity index (χ2v) is 3.87. The number of hydrogen-bond donors (Lipinski definition) is 2. The van der Waals surface area contributed by atoms with Gasteiger partial charge in [0.2, 0.25) is 5.91 Å². The molecule has 0 aromatic heterocycles. The van der Waals surface area contributed by atoms with Crippen LogP contribution in [-0.2, 0) is 4.79 Å². The molecule has 7 heteroatoms. The number of nitrogens with zero attached hydrogens (tertiary/aromatic N) is 1. The summed E-state index contributed by atoms with van der Waals surface area (Å²) in [5.74, 6) is -0.0833. The van der Waals surface area contributed by atoms with Crippen LogP contribution >= 0.6 is 0 Å². The van der Waals surface area contributed by atoms with Crippen LogP contribution in [0.1, 0.15) is 13.3 Å². The first kappa shape index (κ1) is 14.9. The van der Waals surface area contributed by atoms with E-state index in [1.807, 2.05) is 6.92 Å². The molecule has 0 aliphatic rings. The van der Waals surface area contributed by atoms with Gasteiger partial charge in [-0.1, -0.05) is 6.92 Å². The summed E-state index contributed by atoms with van der Waals surface area (Å²) in [7, 11) is 1.36. The van der Waals surface area contributed by atoms with Crippen molar-refractivity contribution in [3.8, 4) is 5.75 Å². The first-order chi connectivity index (χ1) is 9.08. The number of amides is 1. The zero-order valence-electron chi connectivity index (χ0n) is 10.9. The Hall–Kier alpha value is -2.15. The molecule has 0 aliphatic heterocycles. The lowest BCUT2D eigenvalue weighted by atomic mass is 10.2. The van der Waals surface area contributed by atoms with Crippen LogP contribution in [0.3, 0.4) is 0 Å². The first-order valence-corrected chi connectivity index (χ1v) is 5.91. The summed E-state index contributed by atoms with van der Waals surface area (Å²) < 4.78 is 4.88. The van der Waals surface area contributed by atoms with Crippen molar-refractivity contribution in [1.29, 1.82) is 0 Å². The molecule has 0 fully saturated rings. The van der Waals surface area contributed by atoms with Crippen LogP contribution in [0, 0.1) is 10.1 Å². The fourth-order valence-corrected chi connectivity index (χ4v) is 1.49. The molecule has 0 spiro atoms. The van der Waals surface area contributed by atoms with Gasteiger partial charge in [0.15, 0.2) is 5.75 Å². The smallest absolute Gasteiger partial charge is 0.312 e. The second-order valence-electron chi connectivity index (χ2n) is 3.87. The number of carbonyl (C=O) groups is 1. The Morgan fingerprint density at radius 3 is 2.79 bits per heavy atom. The number of ether oxygens (including phenoxy) is 1. The third-order valence-electron chi connectivity index (χ3n) is 2.37. The number of carbonyl (C=O) groups excluding carboxylic acids is 1. The van der Waals surface area contributed by atoms with Gasteiger partial charge in [-0.25, -0.2) is 0 Å². The van der Waals surface area contributed by atoms with E-state index >= 15 is 0 Å². The fraction of sp³-hybridized carbons (Fsp3) is 0.417. The number of benzene rings is 1. The number of nitro groups is 1. The highest BCUT2D eigenvalue weighted by Crippen LogP contribution is 2.29. The van der Waals surface area contributed by atoms with Gasteiger partial charge in [-0.15, -0.1) is 0 Å². The maximum atomic E-state index is 11.5. The van der Waals surface area contributed by atoms with Gasteiger partial charge in [-0.3, -0.25) is 14.9 Å². The van der Waals surface area contributed by atoms with Crippen molar-refractivity contribution in [2.45, 2.75) is 13.3 Å². The van der Waals surface area contributed by atoms with Crippen molar-refractivity contribution < 1.29 is 14.5 Å². The van der Waals surface area contributed by atoms with E-state index in [2.05, 4.69) is 10.6 Å². The minimum absolute atomic E-state index is 0.159. The average Bonchev–Trinajstić information content (AvgIpc) is 2.39. The topological polar surface area (TPSA) is 93.5 Å². The molecule has 7 nitrogen and oxygen atoms in total. The van der Waals surface area contributed by atoms with Gasteiger partial charge in [0.05, 0.1) is 18.6 Å². The number of rotatable bonds is 7. The van der Waals surface area contributed by atoms with E-state index in [1.165, 1.54) is 19.2 Å². The van der Waals surface area contributed by atoms with Gasteiger partial charge < -0.3 is 15.4 Å². The first-order valence-electron chi connectivity index (χ1n) is 5.91. The van der Waals surface area contributed by atoms with Gasteiger partial charge in [-0.2, -0.15) is 0 Å². The van der Waals surface area contributed by atoms with E-state index in [-0.39, 0.29) is 23.9 Å². The summed E-state index contributed by atoms with van der Waals surface area (Å²) in [5.41, 5.74) is 0.192. The molecule has 0 atom stereocenters. The lowest BCUT2D eigenvalue weighted by Crippen LogP contribution is -2.28. The maximum absolute atomic E-state index is 11.5. The Balaban J connectivity index is 2.71. The molecule has 1 aromatic rings. The van der Waals surface area contributed by atoms with Crippen LogP contribution in [0.15, 0.2) is 18.2 Å². The molecule has 0 aliphatic carbocycles. The van der Waals surface area contributed by atoms with Crippen LogP contribution in [0.5, 0.6) is 5.75 Å². The molecule has 0 radical (unpaired) electrons. The number of anilines is 1. The van der Waals surface area contributed by atoms with E-state index in [0.29, 0.717) is 5.69 Å². The predicted octanol–water partition coefficient (Wildman–Crippen LogP) is 1.54. The summed E-state index contributed by atoms with van der Waals surface area (Å²) in [4.78, 5) is 21.8. The molecule has 104 valence electrons. The molecular weight excluding hydrogens is 250 g/mol. The normalized spacial score (nSPS) is 10.0. The van der Waals surface area contributed by atoms with E-state index in [0.717, 1.165) is 13.0 Å². The highest BCUT2D eigenvalue weighted by Gasteiger charge is 2.15. The summed E-state index contributed by atoms with van der Waals surface area (Å²) >= 11 is 0. The molecule has 0 saturated carbocycles. The van der Waals surface area contributed by atoms with Crippen molar-refractivity contribution in [3.05, 3.63) is 28.3 Å². The number of hydrogen-bond acceptors (Lipinski definition) is 5. The predicted molar refractivity (Wildman–Crippen MR) is 71.4 cm³/mol. The summed E-state index contributed by atoms with van der Waals surface area (Å²) in [6.45, 7) is 2.92. The quantitative estimate of drug-likeness (QED) is 0.444. The van der Waals surface area contributed by atoms with Crippen molar-refractivity contribution in [3.63, 3.8) is 0 Å². The summed E-state index contributed by atoms with van der Waals surface area (Å²) in [6, 6.07) is 4.29. The van der Waals surface area contributed by atoms with E-state index < -0.39 is 4.92 Å². The monoisotopic (exact) mass is 267 g/mol. The number of nitro benzene ring substituents is 1. The number of nitrogens with one attached hydrogen (secondary N) is 2. The van der Waals surface area contributed by atoms with Crippen molar-refractivity contribution in [1.82, 2.24) is 5.32 Å². The Morgan fingerprint density at radius 2 is 2.21 bits per heavy atom. The minimum atomic E-state index is -0.552. The third kappa shape index (κ3) is 4.55. The summed E-state index contributed by atoms with van der Waals surface area (Å²) in [6.07, 6.45) is 0.932. The van der Waals surface area contributed by atoms with E-state index in [9.17, 15) is 14.9 Å². The Bertz CT molecular complexity index is 462. The fourth-order valence-electron chi connectivity index (χ4n) is 1.49. The third-order valence-corrected chi connectivity index (χ3v) is 2.37. The zero-order valence-corrected chi connectivity index (χ0v) is 10.9. The van der Waals surface area contributed by atoms with Crippen LogP contribution in [0.2, 0.25) is 0 Å². The minimum Gasteiger partial charge on any atom is -0.490 e. The Labute approximate surface area is 111 Å². The van der Waals surface area contributed by atoms with Gasteiger partial charge >= 0.3 is 5.69 Å². The maximum Gasteiger partial charge on any atom is 0.312 e. The molecule has 1 aromatic carbocycles. The molecule has 0 heterocycles. The molecule has 1 amide bonds. The molecule has 0 unspecified atom stereocenters. The Morgan fingerprint density at radius 1 is 1.47 bits per heavy atom. The van der Waals surface area contributed by atoms with Gasteiger partial charge in [0.25, 0.3) is 0 Å². The standard InChI is InChI=1S/C12H17N3O4/c1-3-6-13-8-12(16)14-9-4-5-11(19-2)10(7-9)15(17)18/h4-5,7,13H,3,6,8H2,1-2H3,(H,14,16). The Kier molecular flexibility index (Phi) is 5.74. The van der Waals surface area contributed by atoms with Crippen molar-refractivity contribution in [2.75, 3.05) is 25.5 Å². The average molecular weight is 267 g/mol. The lowest BCUT2D eigenvalue weighted by Gasteiger charge is -2.07. The molecular formula is C12H17N3O4. The van der Waals surface area contributed by atoms with Gasteiger partial charge in [0, 0.05) is 11.8 Å². The molecule has 19 heavy (non-hydrogen) atoms. The van der Waals surface area contributed by atoms with Crippen LogP contribution in [0.25, 0.3) is 0 Å². The van der Waals surface area contributed by atoms with Gasteiger partial charge in [-0.05, 0) is 25.1 Å². The highest BCUT2D eigenvalue weighted by atomic mass is 16.6. The zero-order chi connectivity index (χ0) is 14.3. The van der Waals surface area contributed by atoms with Crippen molar-refractivity contribution >= 4 is 17.3 Å². The molecule has 1 rings (SSSR count). The second kappa shape index (κ2) is 7.32. The van der Waals surface area contributed by atoms with Crippen LogP contribution < -0.4 is 15.4 Å². The van der Waals surface area contributed by atoms with E-state index in [4.69, 9.17) is 4.74 Å². The summed E-state index contributed by atoms with van der Waals surface area (Å²) in [5, 5.41) is 16.4. The largest absolute Gasteiger partial charge is 0.490 e. The van der Waals surface area contributed by atoms with Crippen molar-refractivity contribution in [2.24, 2.45) is 0 Å². The SMILES string of the molecule is CCCNCC(=O)Nc1ccc(OC)c([N+](=O)[O-])c1. The highest BCUT2D eigenvalue weighted by molar-refractivity contribution is 5.92. The van der Waals surface area contributed by atoms with Crippen LogP contribution in [-0.4, -0.2) is 31.0 Å². The number of methoxy groups -OCH3 is 1. The molecule has 0 bridgehead atoms. The van der Waals surface area contributed by atoms with Crippen LogP contribution in [0.4, 0.5) is 11.4 Å². The molecule has 0 saturated heterocycles. The lowest BCUT2D eigenvalue weighted by molar-refractivity contribution is -0.385.